The van der Waals surface area contributed by atoms with Gasteiger partial charge in [-0.1, -0.05) is 35.5 Å². The minimum Gasteiger partial charge on any atom is -0.464 e. The van der Waals surface area contributed by atoms with Gasteiger partial charge in [0, 0.05) is 35.5 Å². The average molecular weight is 545 g/mol. The molecule has 2 aromatic carbocycles. The maximum Gasteiger partial charge on any atom is 0.333 e. The van der Waals surface area contributed by atoms with Crippen molar-refractivity contribution in [1.82, 2.24) is 30.1 Å². The first-order valence-corrected chi connectivity index (χ1v) is 13.4. The molecule has 3 heterocycles. The minimum absolute atomic E-state index is 0.0289. The van der Waals surface area contributed by atoms with E-state index >= 15 is 0 Å². The lowest BCUT2D eigenvalue weighted by molar-refractivity contribution is -0.152. The lowest BCUT2D eigenvalue weighted by Crippen LogP contribution is -2.43. The van der Waals surface area contributed by atoms with Crippen molar-refractivity contribution in [3.05, 3.63) is 66.2 Å². The van der Waals surface area contributed by atoms with Crippen molar-refractivity contribution in [2.45, 2.75) is 45.1 Å². The maximum absolute atomic E-state index is 12.7. The van der Waals surface area contributed by atoms with Gasteiger partial charge >= 0.3 is 5.97 Å². The molecule has 0 spiro atoms. The fourth-order valence-electron chi connectivity index (χ4n) is 4.85. The van der Waals surface area contributed by atoms with Crippen LogP contribution < -0.4 is 5.32 Å². The number of carbonyl (C=O) groups is 3. The number of piperidine rings is 1. The second kappa shape index (κ2) is 11.3. The van der Waals surface area contributed by atoms with Gasteiger partial charge in [0.05, 0.1) is 24.9 Å². The van der Waals surface area contributed by atoms with Gasteiger partial charge in [-0.15, -0.1) is 0 Å². The van der Waals surface area contributed by atoms with E-state index in [-0.39, 0.29) is 36.9 Å². The summed E-state index contributed by atoms with van der Waals surface area (Å²) in [4.78, 5) is 43.9. The van der Waals surface area contributed by atoms with E-state index in [0.29, 0.717) is 43.2 Å². The van der Waals surface area contributed by atoms with Crippen molar-refractivity contribution in [3.63, 3.8) is 0 Å². The van der Waals surface area contributed by atoms with Crippen molar-refractivity contribution in [1.29, 1.82) is 0 Å². The van der Waals surface area contributed by atoms with E-state index in [0.717, 1.165) is 16.5 Å². The molecule has 1 saturated heterocycles. The number of rotatable bonds is 8. The molecule has 1 aliphatic heterocycles. The van der Waals surface area contributed by atoms with Gasteiger partial charge in [0.25, 0.3) is 5.91 Å². The molecule has 11 nitrogen and oxygen atoms in total. The first-order valence-electron chi connectivity index (χ1n) is 13.4. The average Bonchev–Trinajstić information content (AvgIpc) is 3.64. The number of likely N-dealkylation sites (tertiary alicyclic amines) is 1. The SMILES string of the molecule is CCOC(=O)C(C)(C)n1ncc2ccc(-c3noc(C4CCN(C(=O)CNC(=O)c5ccccc5)CC4)n3)cc21. The Hall–Kier alpha value is -4.54. The number of esters is 1. The van der Waals surface area contributed by atoms with Crippen molar-refractivity contribution in [2.75, 3.05) is 26.2 Å². The predicted octanol–water partition coefficient (Wildman–Crippen LogP) is 3.52. The fourth-order valence-corrected chi connectivity index (χ4v) is 4.85. The highest BCUT2D eigenvalue weighted by atomic mass is 16.5. The summed E-state index contributed by atoms with van der Waals surface area (Å²) >= 11 is 0. The Balaban J connectivity index is 1.22. The van der Waals surface area contributed by atoms with Gasteiger partial charge in [-0.25, -0.2) is 9.48 Å². The molecule has 0 saturated carbocycles. The zero-order valence-electron chi connectivity index (χ0n) is 22.8. The molecule has 4 aromatic rings. The molecule has 1 fully saturated rings. The number of aromatic nitrogens is 4. The fraction of sp³-hybridized carbons (Fsp3) is 0.379. The van der Waals surface area contributed by atoms with E-state index in [4.69, 9.17) is 9.26 Å². The van der Waals surface area contributed by atoms with Gasteiger partial charge in [-0.2, -0.15) is 10.1 Å². The summed E-state index contributed by atoms with van der Waals surface area (Å²) in [7, 11) is 0. The number of nitrogens with zero attached hydrogens (tertiary/aromatic N) is 5. The molecule has 2 amide bonds. The van der Waals surface area contributed by atoms with Crippen LogP contribution in [0, 0.1) is 0 Å². The van der Waals surface area contributed by atoms with Gasteiger partial charge in [-0.05, 0) is 51.8 Å². The standard InChI is InChI=1S/C29H32N6O5/c1-4-39-28(38)29(2,3)35-23-16-21(10-11-22(23)17-31-35)25-32-27(40-33-25)20-12-14-34(15-13-20)24(36)18-30-26(37)19-8-6-5-7-9-19/h5-11,16-17,20H,4,12-15,18H2,1-3H3,(H,30,37). The van der Waals surface area contributed by atoms with Crippen LogP contribution >= 0.6 is 0 Å². The highest BCUT2D eigenvalue weighted by Crippen LogP contribution is 2.31. The summed E-state index contributed by atoms with van der Waals surface area (Å²) in [6, 6.07) is 14.5. The molecule has 11 heteroatoms. The Morgan fingerprint density at radius 3 is 2.58 bits per heavy atom. The number of ether oxygens (including phenoxy) is 1. The highest BCUT2D eigenvalue weighted by Gasteiger charge is 2.34. The number of nitrogens with one attached hydrogen (secondary N) is 1. The molecule has 2 aromatic heterocycles. The van der Waals surface area contributed by atoms with Crippen LogP contribution in [-0.4, -0.2) is 68.8 Å². The van der Waals surface area contributed by atoms with E-state index in [2.05, 4.69) is 20.6 Å². The second-order valence-electron chi connectivity index (χ2n) is 10.3. The Morgan fingerprint density at radius 2 is 1.85 bits per heavy atom. The molecule has 40 heavy (non-hydrogen) atoms. The number of hydrogen-bond acceptors (Lipinski definition) is 8. The third kappa shape index (κ3) is 5.45. The summed E-state index contributed by atoms with van der Waals surface area (Å²) in [6.45, 7) is 6.63. The molecule has 5 rings (SSSR count). The Labute approximate surface area is 231 Å². The molecule has 1 N–H and O–H groups in total. The topological polar surface area (TPSA) is 132 Å². The van der Waals surface area contributed by atoms with E-state index in [1.54, 1.807) is 60.8 Å². The number of fused-ring (bicyclic) bond motifs is 1. The van der Waals surface area contributed by atoms with E-state index in [1.807, 2.05) is 24.3 Å². The highest BCUT2D eigenvalue weighted by molar-refractivity contribution is 5.96. The van der Waals surface area contributed by atoms with Crippen molar-refractivity contribution >= 4 is 28.7 Å². The predicted molar refractivity (Wildman–Crippen MR) is 146 cm³/mol. The minimum atomic E-state index is -0.992. The summed E-state index contributed by atoms with van der Waals surface area (Å²) in [5.41, 5.74) is 1.03. The summed E-state index contributed by atoms with van der Waals surface area (Å²) in [5, 5.41) is 12.2. The third-order valence-corrected chi connectivity index (χ3v) is 7.21. The van der Waals surface area contributed by atoms with Gasteiger partial charge < -0.3 is 19.5 Å². The van der Waals surface area contributed by atoms with Crippen LogP contribution in [0.3, 0.4) is 0 Å². The van der Waals surface area contributed by atoms with Gasteiger partial charge in [-0.3, -0.25) is 9.59 Å². The zero-order valence-corrected chi connectivity index (χ0v) is 22.8. The number of carbonyl (C=O) groups excluding carboxylic acids is 3. The largest absolute Gasteiger partial charge is 0.464 e. The molecule has 0 bridgehead atoms. The molecule has 0 atom stereocenters. The molecule has 0 aliphatic carbocycles. The Kier molecular flexibility index (Phi) is 7.63. The van der Waals surface area contributed by atoms with E-state index in [1.165, 1.54) is 0 Å². The quantitative estimate of drug-likeness (QED) is 0.333. The lowest BCUT2D eigenvalue weighted by atomic mass is 9.96. The van der Waals surface area contributed by atoms with E-state index in [9.17, 15) is 14.4 Å². The van der Waals surface area contributed by atoms with Crippen LogP contribution in [0.25, 0.3) is 22.3 Å². The maximum atomic E-state index is 12.7. The molecule has 208 valence electrons. The van der Waals surface area contributed by atoms with Crippen LogP contribution in [0.15, 0.2) is 59.3 Å². The lowest BCUT2D eigenvalue weighted by Gasteiger charge is -2.30. The van der Waals surface area contributed by atoms with Gasteiger partial charge in [0.15, 0.2) is 5.54 Å². The molecule has 0 radical (unpaired) electrons. The van der Waals surface area contributed by atoms with Crippen molar-refractivity contribution < 1.29 is 23.6 Å². The zero-order chi connectivity index (χ0) is 28.3. The normalized spacial score (nSPS) is 14.3. The van der Waals surface area contributed by atoms with Gasteiger partial charge in [0.1, 0.15) is 0 Å². The van der Waals surface area contributed by atoms with Crippen LogP contribution in [0.2, 0.25) is 0 Å². The van der Waals surface area contributed by atoms with Crippen LogP contribution in [0.1, 0.15) is 55.8 Å². The second-order valence-corrected chi connectivity index (χ2v) is 10.3. The summed E-state index contributed by atoms with van der Waals surface area (Å²) in [5.74, 6) is 0.245. The van der Waals surface area contributed by atoms with E-state index < -0.39 is 5.54 Å². The number of benzene rings is 2. The Morgan fingerprint density at radius 1 is 1.10 bits per heavy atom. The Bertz CT molecular complexity index is 1520. The number of hydrogen-bond donors (Lipinski definition) is 1. The molecular weight excluding hydrogens is 512 g/mol. The van der Waals surface area contributed by atoms with Crippen molar-refractivity contribution in [3.8, 4) is 11.4 Å². The van der Waals surface area contributed by atoms with Crippen LogP contribution in [-0.2, 0) is 19.9 Å². The first kappa shape index (κ1) is 27.0. The van der Waals surface area contributed by atoms with Crippen LogP contribution in [0.5, 0.6) is 0 Å². The van der Waals surface area contributed by atoms with Gasteiger partial charge in [0.2, 0.25) is 17.6 Å². The summed E-state index contributed by atoms with van der Waals surface area (Å²) in [6.07, 6.45) is 3.07. The number of amides is 2. The molecule has 0 unspecified atom stereocenters. The third-order valence-electron chi connectivity index (χ3n) is 7.21. The molecule has 1 aliphatic rings. The van der Waals surface area contributed by atoms with Crippen LogP contribution in [0.4, 0.5) is 0 Å². The molecular formula is C29H32N6O5. The monoisotopic (exact) mass is 544 g/mol. The first-order chi connectivity index (χ1) is 19.3. The summed E-state index contributed by atoms with van der Waals surface area (Å²) < 4.78 is 12.5. The van der Waals surface area contributed by atoms with Crippen molar-refractivity contribution in [2.24, 2.45) is 0 Å². The smallest absolute Gasteiger partial charge is 0.333 e.